The number of hydrogen-bond donors (Lipinski definition) is 1. The molecule has 0 radical (unpaired) electrons. The van der Waals surface area contributed by atoms with Gasteiger partial charge in [-0.2, -0.15) is 0 Å². The van der Waals surface area contributed by atoms with Crippen LogP contribution in [0.1, 0.15) is 15.9 Å². The van der Waals surface area contributed by atoms with Gasteiger partial charge in [-0.3, -0.25) is 4.79 Å². The van der Waals surface area contributed by atoms with Crippen molar-refractivity contribution < 1.29 is 13.6 Å². The Bertz CT molecular complexity index is 1000. The molecule has 1 aromatic carbocycles. The van der Waals surface area contributed by atoms with Gasteiger partial charge in [0.25, 0.3) is 0 Å². The van der Waals surface area contributed by atoms with Crippen LogP contribution in [0.5, 0.6) is 0 Å². The van der Waals surface area contributed by atoms with E-state index in [0.29, 0.717) is 5.56 Å². The second kappa shape index (κ2) is 5.77. The average molecular weight is 320 g/mol. The van der Waals surface area contributed by atoms with Crippen molar-refractivity contribution in [3.8, 4) is 11.1 Å². The molecule has 24 heavy (non-hydrogen) atoms. The number of furan rings is 1. The molecule has 0 atom stereocenters. The van der Waals surface area contributed by atoms with Crippen LogP contribution in [0.25, 0.3) is 22.2 Å². The molecule has 4 aromatic rings. The van der Waals surface area contributed by atoms with Gasteiger partial charge in [0.2, 0.25) is 0 Å². The average Bonchev–Trinajstić information content (AvgIpc) is 3.24. The van der Waals surface area contributed by atoms with Crippen molar-refractivity contribution in [3.63, 3.8) is 0 Å². The summed E-state index contributed by atoms with van der Waals surface area (Å²) in [6.45, 7) is 0. The summed E-state index contributed by atoms with van der Waals surface area (Å²) in [4.78, 5) is 19.8. The molecule has 4 rings (SSSR count). The second-order valence-corrected chi connectivity index (χ2v) is 5.56. The third-order valence-corrected chi connectivity index (χ3v) is 3.95. The summed E-state index contributed by atoms with van der Waals surface area (Å²) in [5.74, 6) is -0.428. The number of fused-ring (bicyclic) bond motifs is 1. The molecule has 0 aliphatic heterocycles. The number of carbonyl (C=O) groups is 1. The van der Waals surface area contributed by atoms with Gasteiger partial charge in [0.05, 0.1) is 12.5 Å². The zero-order chi connectivity index (χ0) is 16.5. The van der Waals surface area contributed by atoms with E-state index in [0.717, 1.165) is 27.7 Å². The minimum absolute atomic E-state index is 0.0726. The number of benzene rings is 1. The Morgan fingerprint density at radius 1 is 1.21 bits per heavy atom. The van der Waals surface area contributed by atoms with E-state index in [9.17, 15) is 9.18 Å². The maximum Gasteiger partial charge on any atom is 0.167 e. The minimum atomic E-state index is -0.355. The van der Waals surface area contributed by atoms with Crippen molar-refractivity contribution in [2.45, 2.75) is 6.42 Å². The van der Waals surface area contributed by atoms with Gasteiger partial charge in [0.15, 0.2) is 5.78 Å². The van der Waals surface area contributed by atoms with Crippen molar-refractivity contribution >= 4 is 16.8 Å². The molecule has 4 nitrogen and oxygen atoms in total. The summed E-state index contributed by atoms with van der Waals surface area (Å²) >= 11 is 0. The maximum absolute atomic E-state index is 13.0. The van der Waals surface area contributed by atoms with E-state index in [1.54, 1.807) is 18.7 Å². The molecule has 0 aliphatic carbocycles. The third kappa shape index (κ3) is 2.60. The number of ketones is 1. The Labute approximate surface area is 137 Å². The van der Waals surface area contributed by atoms with Gasteiger partial charge < -0.3 is 9.40 Å². The molecule has 3 aromatic heterocycles. The van der Waals surface area contributed by atoms with E-state index >= 15 is 0 Å². The highest BCUT2D eigenvalue weighted by molar-refractivity contribution is 5.99. The van der Waals surface area contributed by atoms with Gasteiger partial charge in [-0.1, -0.05) is 0 Å². The van der Waals surface area contributed by atoms with Crippen LogP contribution in [0.3, 0.4) is 0 Å². The largest absolute Gasteiger partial charge is 0.472 e. The molecule has 0 amide bonds. The normalized spacial score (nSPS) is 11.0. The molecule has 5 heteroatoms. The first kappa shape index (κ1) is 14.4. The van der Waals surface area contributed by atoms with Crippen LogP contribution in [0.15, 0.2) is 65.7 Å². The first-order chi connectivity index (χ1) is 11.7. The predicted octanol–water partition coefficient (Wildman–Crippen LogP) is 4.39. The molecule has 118 valence electrons. The molecular formula is C19H13FN2O2. The van der Waals surface area contributed by atoms with Gasteiger partial charge in [0, 0.05) is 40.9 Å². The van der Waals surface area contributed by atoms with E-state index in [-0.39, 0.29) is 18.0 Å². The number of aromatic nitrogens is 2. The van der Waals surface area contributed by atoms with Gasteiger partial charge in [0.1, 0.15) is 11.5 Å². The number of rotatable bonds is 4. The van der Waals surface area contributed by atoms with E-state index in [2.05, 4.69) is 9.97 Å². The molecule has 0 spiro atoms. The Hall–Kier alpha value is -3.21. The quantitative estimate of drug-likeness (QED) is 0.567. The Kier molecular flexibility index (Phi) is 3.46. The second-order valence-electron chi connectivity index (χ2n) is 5.56. The molecule has 3 heterocycles. The number of nitrogens with zero attached hydrogens (tertiary/aromatic N) is 1. The fourth-order valence-corrected chi connectivity index (χ4v) is 2.72. The number of nitrogens with one attached hydrogen (secondary N) is 1. The van der Waals surface area contributed by atoms with Gasteiger partial charge in [-0.05, 0) is 42.0 Å². The molecule has 0 saturated carbocycles. The number of Topliss-reactive ketones (excluding diaryl/α,β-unsaturated/α-hetero) is 1. The van der Waals surface area contributed by atoms with E-state index in [1.165, 1.54) is 24.3 Å². The van der Waals surface area contributed by atoms with Crippen LogP contribution < -0.4 is 0 Å². The SMILES string of the molecule is O=C(Cc1cnc2[nH]cc(-c3ccoc3)c2c1)c1ccc(F)cc1. The van der Waals surface area contributed by atoms with Gasteiger partial charge in [-0.25, -0.2) is 9.37 Å². The Morgan fingerprint density at radius 3 is 2.79 bits per heavy atom. The number of H-pyrrole nitrogens is 1. The summed E-state index contributed by atoms with van der Waals surface area (Å²) in [6.07, 6.45) is 7.04. The number of pyridine rings is 1. The van der Waals surface area contributed by atoms with Crippen LogP contribution in [-0.4, -0.2) is 15.8 Å². The lowest BCUT2D eigenvalue weighted by atomic mass is 10.0. The summed E-state index contributed by atoms with van der Waals surface area (Å²) in [7, 11) is 0. The van der Waals surface area contributed by atoms with Crippen molar-refractivity contribution in [3.05, 3.63) is 78.3 Å². The molecule has 0 unspecified atom stereocenters. The third-order valence-electron chi connectivity index (χ3n) is 3.95. The standard InChI is InChI=1S/C19H13FN2O2/c20-15-3-1-13(2-4-15)18(23)8-12-7-16-17(14-5-6-24-11-14)10-22-19(16)21-9-12/h1-7,9-11H,8H2,(H,21,22). The zero-order valence-electron chi connectivity index (χ0n) is 12.6. The summed E-state index contributed by atoms with van der Waals surface area (Å²) in [6, 6.07) is 9.39. The van der Waals surface area contributed by atoms with Crippen LogP contribution in [0.4, 0.5) is 4.39 Å². The molecule has 1 N–H and O–H groups in total. The summed E-state index contributed by atoms with van der Waals surface area (Å²) in [5, 5.41) is 0.931. The lowest BCUT2D eigenvalue weighted by molar-refractivity contribution is 0.0993. The molecular weight excluding hydrogens is 307 g/mol. The van der Waals surface area contributed by atoms with Gasteiger partial charge >= 0.3 is 0 Å². The fourth-order valence-electron chi connectivity index (χ4n) is 2.72. The van der Waals surface area contributed by atoms with Crippen LogP contribution in [0.2, 0.25) is 0 Å². The Morgan fingerprint density at radius 2 is 2.04 bits per heavy atom. The minimum Gasteiger partial charge on any atom is -0.472 e. The van der Waals surface area contributed by atoms with Crippen molar-refractivity contribution in [1.82, 2.24) is 9.97 Å². The number of carbonyl (C=O) groups excluding carboxylic acids is 1. The highest BCUT2D eigenvalue weighted by atomic mass is 19.1. The lowest BCUT2D eigenvalue weighted by Crippen LogP contribution is -2.04. The predicted molar refractivity (Wildman–Crippen MR) is 88.2 cm³/mol. The van der Waals surface area contributed by atoms with Crippen LogP contribution in [-0.2, 0) is 6.42 Å². The first-order valence-electron chi connectivity index (χ1n) is 7.48. The monoisotopic (exact) mass is 320 g/mol. The van der Waals surface area contributed by atoms with Crippen molar-refractivity contribution in [1.29, 1.82) is 0 Å². The summed E-state index contributed by atoms with van der Waals surface area (Å²) in [5.41, 5.74) is 3.97. The van der Waals surface area contributed by atoms with E-state index in [4.69, 9.17) is 4.42 Å². The molecule has 0 saturated heterocycles. The van der Waals surface area contributed by atoms with E-state index < -0.39 is 0 Å². The van der Waals surface area contributed by atoms with Crippen molar-refractivity contribution in [2.75, 3.05) is 0 Å². The maximum atomic E-state index is 13.0. The zero-order valence-corrected chi connectivity index (χ0v) is 12.6. The number of hydrogen-bond acceptors (Lipinski definition) is 3. The molecule has 0 bridgehead atoms. The van der Waals surface area contributed by atoms with E-state index in [1.807, 2.05) is 18.3 Å². The highest BCUT2D eigenvalue weighted by Gasteiger charge is 2.12. The highest BCUT2D eigenvalue weighted by Crippen LogP contribution is 2.28. The smallest absolute Gasteiger partial charge is 0.167 e. The van der Waals surface area contributed by atoms with Crippen LogP contribution in [0, 0.1) is 5.82 Å². The topological polar surface area (TPSA) is 58.9 Å². The molecule has 0 aliphatic rings. The summed E-state index contributed by atoms with van der Waals surface area (Å²) < 4.78 is 18.1. The van der Waals surface area contributed by atoms with Gasteiger partial charge in [-0.15, -0.1) is 0 Å². The van der Waals surface area contributed by atoms with Crippen LogP contribution >= 0.6 is 0 Å². The lowest BCUT2D eigenvalue weighted by Gasteiger charge is -2.03. The number of halogens is 1. The fraction of sp³-hybridized carbons (Fsp3) is 0.0526. The first-order valence-corrected chi connectivity index (χ1v) is 7.48. The number of aromatic amines is 1. The Balaban J connectivity index is 1.66. The molecule has 0 fully saturated rings. The van der Waals surface area contributed by atoms with Crippen molar-refractivity contribution in [2.24, 2.45) is 0 Å².